The Bertz CT molecular complexity index is 670. The van der Waals surface area contributed by atoms with Crippen LogP contribution in [0.2, 0.25) is 0 Å². The van der Waals surface area contributed by atoms with Crippen LogP contribution in [0, 0.1) is 13.8 Å². The standard InChI is InChI=1S/C13H12N2OS3/c1-8-6-18-13(14-8)19-7-10-9(2)16-12(15-10)11-4-3-5-17-11/h3-6H,7H2,1-2H3. The van der Waals surface area contributed by atoms with Crippen LogP contribution in [-0.2, 0) is 5.75 Å². The van der Waals surface area contributed by atoms with Gasteiger partial charge in [0.1, 0.15) is 10.1 Å². The van der Waals surface area contributed by atoms with Crippen LogP contribution in [0.3, 0.4) is 0 Å². The van der Waals surface area contributed by atoms with Crippen molar-refractivity contribution in [3.63, 3.8) is 0 Å². The number of nitrogens with zero attached hydrogens (tertiary/aromatic N) is 2. The van der Waals surface area contributed by atoms with Gasteiger partial charge >= 0.3 is 0 Å². The van der Waals surface area contributed by atoms with Gasteiger partial charge in [0, 0.05) is 16.8 Å². The number of oxazole rings is 1. The molecule has 0 aromatic carbocycles. The lowest BCUT2D eigenvalue weighted by Crippen LogP contribution is -1.84. The SMILES string of the molecule is Cc1csc(SCc2nc(-c3cccs3)oc2C)n1. The first kappa shape index (κ1) is 12.9. The van der Waals surface area contributed by atoms with Crippen molar-refractivity contribution in [3.8, 4) is 10.8 Å². The van der Waals surface area contributed by atoms with Gasteiger partial charge in [-0.1, -0.05) is 17.8 Å². The Kier molecular flexibility index (Phi) is 3.72. The van der Waals surface area contributed by atoms with Gasteiger partial charge in [-0.25, -0.2) is 9.97 Å². The zero-order valence-electron chi connectivity index (χ0n) is 10.5. The predicted molar refractivity (Wildman–Crippen MR) is 81.0 cm³/mol. The van der Waals surface area contributed by atoms with Gasteiger partial charge in [0.15, 0.2) is 0 Å². The van der Waals surface area contributed by atoms with Crippen molar-refractivity contribution in [3.05, 3.63) is 40.0 Å². The lowest BCUT2D eigenvalue weighted by molar-refractivity contribution is 0.542. The first-order valence-electron chi connectivity index (χ1n) is 5.77. The summed E-state index contributed by atoms with van der Waals surface area (Å²) in [6.07, 6.45) is 0. The van der Waals surface area contributed by atoms with E-state index in [0.717, 1.165) is 38.0 Å². The van der Waals surface area contributed by atoms with Crippen molar-refractivity contribution in [2.45, 2.75) is 23.9 Å². The summed E-state index contributed by atoms with van der Waals surface area (Å²) in [5, 5.41) is 4.09. The van der Waals surface area contributed by atoms with Crippen LogP contribution < -0.4 is 0 Å². The van der Waals surface area contributed by atoms with Crippen molar-refractivity contribution in [1.82, 2.24) is 9.97 Å². The molecule has 0 amide bonds. The summed E-state index contributed by atoms with van der Waals surface area (Å²) >= 11 is 5.02. The lowest BCUT2D eigenvalue weighted by Gasteiger charge is -1.93. The molecule has 0 aliphatic carbocycles. The second kappa shape index (κ2) is 5.48. The fourth-order valence-corrected chi connectivity index (χ4v) is 4.10. The second-order valence-corrected chi connectivity index (χ2v) is 7.07. The number of hydrogen-bond acceptors (Lipinski definition) is 6. The summed E-state index contributed by atoms with van der Waals surface area (Å²) in [7, 11) is 0. The first-order valence-corrected chi connectivity index (χ1v) is 8.52. The fraction of sp³-hybridized carbons (Fsp3) is 0.231. The Labute approximate surface area is 123 Å². The molecule has 0 unspecified atom stereocenters. The molecule has 3 aromatic heterocycles. The van der Waals surface area contributed by atoms with Gasteiger partial charge in [0.2, 0.25) is 5.89 Å². The average Bonchev–Trinajstić information content (AvgIpc) is 3.07. The molecule has 0 radical (unpaired) electrons. The summed E-state index contributed by atoms with van der Waals surface area (Å²) in [5.41, 5.74) is 2.07. The smallest absolute Gasteiger partial charge is 0.236 e. The van der Waals surface area contributed by atoms with Crippen molar-refractivity contribution >= 4 is 34.4 Å². The monoisotopic (exact) mass is 308 g/mol. The van der Waals surface area contributed by atoms with E-state index in [0.29, 0.717) is 0 Å². The Hall–Kier alpha value is -1.11. The molecule has 19 heavy (non-hydrogen) atoms. The molecule has 0 saturated carbocycles. The van der Waals surface area contributed by atoms with E-state index in [1.54, 1.807) is 34.4 Å². The van der Waals surface area contributed by atoms with Crippen LogP contribution >= 0.6 is 34.4 Å². The van der Waals surface area contributed by atoms with Gasteiger partial charge < -0.3 is 4.42 Å². The third-order valence-electron chi connectivity index (χ3n) is 2.55. The van der Waals surface area contributed by atoms with E-state index in [2.05, 4.69) is 15.3 Å². The van der Waals surface area contributed by atoms with Gasteiger partial charge in [-0.15, -0.1) is 22.7 Å². The Morgan fingerprint density at radius 2 is 2.16 bits per heavy atom. The molecule has 0 fully saturated rings. The van der Waals surface area contributed by atoms with E-state index in [1.165, 1.54) is 0 Å². The molecule has 0 aliphatic heterocycles. The van der Waals surface area contributed by atoms with E-state index in [4.69, 9.17) is 4.42 Å². The highest BCUT2D eigenvalue weighted by molar-refractivity contribution is 8.00. The molecule has 3 rings (SSSR count). The summed E-state index contributed by atoms with van der Waals surface area (Å²) in [6.45, 7) is 3.98. The molecule has 0 aliphatic rings. The van der Waals surface area contributed by atoms with E-state index < -0.39 is 0 Å². The zero-order chi connectivity index (χ0) is 13.2. The zero-order valence-corrected chi connectivity index (χ0v) is 13.0. The van der Waals surface area contributed by atoms with E-state index in [9.17, 15) is 0 Å². The quantitative estimate of drug-likeness (QED) is 0.651. The number of aryl methyl sites for hydroxylation is 2. The summed E-state index contributed by atoms with van der Waals surface area (Å²) in [6, 6.07) is 4.03. The molecule has 98 valence electrons. The van der Waals surface area contributed by atoms with Gasteiger partial charge in [-0.05, 0) is 25.3 Å². The molecular weight excluding hydrogens is 296 g/mol. The van der Waals surface area contributed by atoms with Crippen LogP contribution in [0.1, 0.15) is 17.1 Å². The number of thiophene rings is 1. The van der Waals surface area contributed by atoms with Crippen molar-refractivity contribution in [1.29, 1.82) is 0 Å². The minimum Gasteiger partial charge on any atom is -0.440 e. The van der Waals surface area contributed by atoms with Crippen LogP contribution in [0.15, 0.2) is 31.6 Å². The molecule has 3 heterocycles. The van der Waals surface area contributed by atoms with Gasteiger partial charge in [0.25, 0.3) is 0 Å². The number of rotatable bonds is 4. The molecule has 3 aromatic rings. The first-order chi connectivity index (χ1) is 9.22. The van der Waals surface area contributed by atoms with Gasteiger partial charge in [0.05, 0.1) is 10.6 Å². The Morgan fingerprint density at radius 3 is 2.84 bits per heavy atom. The van der Waals surface area contributed by atoms with E-state index in [-0.39, 0.29) is 0 Å². The largest absolute Gasteiger partial charge is 0.440 e. The highest BCUT2D eigenvalue weighted by Gasteiger charge is 2.13. The van der Waals surface area contributed by atoms with E-state index in [1.807, 2.05) is 31.4 Å². The number of thiazole rings is 1. The Morgan fingerprint density at radius 1 is 1.26 bits per heavy atom. The van der Waals surface area contributed by atoms with Crippen molar-refractivity contribution < 1.29 is 4.42 Å². The van der Waals surface area contributed by atoms with Crippen molar-refractivity contribution in [2.75, 3.05) is 0 Å². The van der Waals surface area contributed by atoms with Gasteiger partial charge in [-0.2, -0.15) is 0 Å². The summed E-state index contributed by atoms with van der Waals surface area (Å²) in [5.74, 6) is 2.41. The highest BCUT2D eigenvalue weighted by atomic mass is 32.2. The Balaban J connectivity index is 1.75. The minimum absolute atomic E-state index is 0.721. The normalized spacial score (nSPS) is 11.1. The van der Waals surface area contributed by atoms with Crippen molar-refractivity contribution in [2.24, 2.45) is 0 Å². The second-order valence-electron chi connectivity index (χ2n) is 4.04. The lowest BCUT2D eigenvalue weighted by atomic mass is 10.4. The molecule has 0 bridgehead atoms. The molecule has 0 atom stereocenters. The highest BCUT2D eigenvalue weighted by Crippen LogP contribution is 2.30. The number of aromatic nitrogens is 2. The van der Waals surface area contributed by atoms with Gasteiger partial charge in [-0.3, -0.25) is 0 Å². The third kappa shape index (κ3) is 2.91. The molecule has 0 N–H and O–H groups in total. The molecular formula is C13H12N2OS3. The fourth-order valence-electron chi connectivity index (χ4n) is 1.60. The maximum Gasteiger partial charge on any atom is 0.236 e. The molecule has 0 spiro atoms. The molecule has 3 nitrogen and oxygen atoms in total. The maximum atomic E-state index is 5.72. The van der Waals surface area contributed by atoms with Crippen LogP contribution in [0.25, 0.3) is 10.8 Å². The van der Waals surface area contributed by atoms with Crippen LogP contribution in [-0.4, -0.2) is 9.97 Å². The maximum absolute atomic E-state index is 5.72. The third-order valence-corrected chi connectivity index (χ3v) is 5.56. The number of hydrogen-bond donors (Lipinski definition) is 0. The summed E-state index contributed by atoms with van der Waals surface area (Å²) in [4.78, 5) is 10.1. The topological polar surface area (TPSA) is 38.9 Å². The summed E-state index contributed by atoms with van der Waals surface area (Å²) < 4.78 is 6.80. The minimum atomic E-state index is 0.721. The predicted octanol–water partition coefficient (Wildman–Crippen LogP) is 4.77. The number of thioether (sulfide) groups is 1. The average molecular weight is 308 g/mol. The molecule has 0 saturated heterocycles. The molecule has 6 heteroatoms. The van der Waals surface area contributed by atoms with E-state index >= 15 is 0 Å². The van der Waals surface area contributed by atoms with Crippen LogP contribution in [0.4, 0.5) is 0 Å². The van der Waals surface area contributed by atoms with Crippen LogP contribution in [0.5, 0.6) is 0 Å².